The number of aromatic nitrogens is 2. The minimum Gasteiger partial charge on any atom is -0.394 e. The monoisotopic (exact) mass is 374 g/mol. The largest absolute Gasteiger partial charge is 0.394 e. The Morgan fingerprint density at radius 2 is 2.08 bits per heavy atom. The summed E-state index contributed by atoms with van der Waals surface area (Å²) in [6.45, 7) is 2.31. The van der Waals surface area contributed by atoms with E-state index in [0.717, 1.165) is 48.4 Å². The molecule has 6 nitrogen and oxygen atoms in total. The summed E-state index contributed by atoms with van der Waals surface area (Å²) in [5.41, 5.74) is 2.92. The summed E-state index contributed by atoms with van der Waals surface area (Å²) in [6.07, 6.45) is 6.03. The van der Waals surface area contributed by atoms with Crippen LogP contribution in [0.4, 0.5) is 0 Å². The fourth-order valence-electron chi connectivity index (χ4n) is 3.56. The number of aliphatic imine (C=N–C) groups is 1. The zero-order valence-corrected chi connectivity index (χ0v) is 15.3. The van der Waals surface area contributed by atoms with Crippen molar-refractivity contribution in [2.45, 2.75) is 30.5 Å². The minimum atomic E-state index is -0.280. The number of para-hydroxylation sites is 2. The van der Waals surface area contributed by atoms with E-state index in [1.807, 2.05) is 30.5 Å². The number of aliphatic hydroxyl groups is 1. The second kappa shape index (κ2) is 7.88. The summed E-state index contributed by atoms with van der Waals surface area (Å²) in [4.78, 5) is 15.0. The first-order valence-corrected chi connectivity index (χ1v) is 9.49. The van der Waals surface area contributed by atoms with Gasteiger partial charge in [-0.3, -0.25) is 9.89 Å². The van der Waals surface area contributed by atoms with Gasteiger partial charge in [-0.05, 0) is 31.1 Å². The van der Waals surface area contributed by atoms with Gasteiger partial charge in [-0.2, -0.15) is 0 Å². The van der Waals surface area contributed by atoms with Gasteiger partial charge in [-0.25, -0.2) is 4.98 Å². The van der Waals surface area contributed by atoms with Gasteiger partial charge >= 0.3 is 0 Å². The molecule has 0 radical (unpaired) electrons. The quantitative estimate of drug-likeness (QED) is 0.788. The molecule has 2 aliphatic rings. The van der Waals surface area contributed by atoms with Crippen molar-refractivity contribution in [3.05, 3.63) is 36.2 Å². The van der Waals surface area contributed by atoms with Crippen molar-refractivity contribution < 1.29 is 9.84 Å². The molecule has 26 heavy (non-hydrogen) atoms. The van der Waals surface area contributed by atoms with Gasteiger partial charge in [-0.15, -0.1) is 11.6 Å². The summed E-state index contributed by atoms with van der Waals surface area (Å²) in [5, 5.41) is 8.60. The third-order valence-electron chi connectivity index (χ3n) is 4.95. The van der Waals surface area contributed by atoms with E-state index in [9.17, 15) is 0 Å². The Balaban J connectivity index is 1.49. The maximum Gasteiger partial charge on any atom is 0.136 e. The Labute approximate surface area is 157 Å². The Kier molecular flexibility index (Phi) is 5.36. The summed E-state index contributed by atoms with van der Waals surface area (Å²) in [6, 6.07) is 7.98. The zero-order chi connectivity index (χ0) is 17.9. The van der Waals surface area contributed by atoms with E-state index >= 15 is 0 Å². The maximum atomic E-state index is 8.88. The van der Waals surface area contributed by atoms with Crippen LogP contribution in [-0.2, 0) is 4.74 Å². The molecule has 2 N–H and O–H groups in total. The third kappa shape index (κ3) is 3.69. The number of ether oxygens (including phenoxy) is 1. The number of hydrogen-bond donors (Lipinski definition) is 2. The number of halogens is 1. The number of alkyl halides is 1. The van der Waals surface area contributed by atoms with Gasteiger partial charge < -0.3 is 14.8 Å². The average molecular weight is 375 g/mol. The molecule has 1 aromatic heterocycles. The molecule has 138 valence electrons. The lowest BCUT2D eigenvalue weighted by atomic mass is 10.0. The normalized spacial score (nSPS) is 24.9. The van der Waals surface area contributed by atoms with Crippen molar-refractivity contribution in [1.82, 2.24) is 14.9 Å². The zero-order valence-electron chi connectivity index (χ0n) is 14.5. The van der Waals surface area contributed by atoms with Crippen molar-refractivity contribution in [2.24, 2.45) is 4.99 Å². The number of aliphatic hydroxyl groups excluding tert-OH is 1. The second-order valence-electron chi connectivity index (χ2n) is 6.67. The number of benzene rings is 1. The topological polar surface area (TPSA) is 73.7 Å². The smallest absolute Gasteiger partial charge is 0.136 e. The van der Waals surface area contributed by atoms with Crippen LogP contribution in [0.5, 0.6) is 0 Å². The van der Waals surface area contributed by atoms with E-state index < -0.39 is 0 Å². The van der Waals surface area contributed by atoms with Crippen LogP contribution in [0.3, 0.4) is 0 Å². The molecule has 7 heteroatoms. The van der Waals surface area contributed by atoms with Crippen LogP contribution in [0.15, 0.2) is 35.3 Å². The first-order valence-electron chi connectivity index (χ1n) is 9.05. The van der Waals surface area contributed by atoms with Crippen molar-refractivity contribution in [2.75, 3.05) is 26.3 Å². The van der Waals surface area contributed by atoms with Crippen molar-refractivity contribution >= 4 is 34.4 Å². The average Bonchev–Trinajstić information content (AvgIpc) is 3.11. The van der Waals surface area contributed by atoms with E-state index in [0.29, 0.717) is 6.61 Å². The molecule has 1 aromatic carbocycles. The van der Waals surface area contributed by atoms with Gasteiger partial charge in [-0.1, -0.05) is 12.1 Å². The molecule has 0 saturated carbocycles. The fraction of sp³-hybridized carbons (Fsp3) is 0.474. The number of rotatable bonds is 5. The molecule has 4 rings (SSSR count). The van der Waals surface area contributed by atoms with Crippen LogP contribution >= 0.6 is 11.6 Å². The number of nitrogens with one attached hydrogen (secondary N) is 1. The van der Waals surface area contributed by atoms with Gasteiger partial charge in [0.05, 0.1) is 35.7 Å². The van der Waals surface area contributed by atoms with Crippen LogP contribution in [0, 0.1) is 0 Å². The summed E-state index contributed by atoms with van der Waals surface area (Å²) < 4.78 is 5.64. The predicted molar refractivity (Wildman–Crippen MR) is 104 cm³/mol. The molecule has 0 aliphatic carbocycles. The predicted octanol–water partition coefficient (Wildman–Crippen LogP) is 2.44. The Morgan fingerprint density at radius 1 is 1.27 bits per heavy atom. The highest BCUT2D eigenvalue weighted by Crippen LogP contribution is 2.28. The molecule has 0 amide bonds. The summed E-state index contributed by atoms with van der Waals surface area (Å²) >= 11 is 6.49. The Hall–Kier alpha value is -1.73. The van der Waals surface area contributed by atoms with Gasteiger partial charge in [0.2, 0.25) is 0 Å². The number of dihydropyridines is 1. The van der Waals surface area contributed by atoms with Crippen LogP contribution < -0.4 is 0 Å². The lowest BCUT2D eigenvalue weighted by Gasteiger charge is -2.35. The number of imidazole rings is 1. The number of nitrogens with zero attached hydrogens (tertiary/aromatic N) is 3. The third-order valence-corrected chi connectivity index (χ3v) is 5.30. The van der Waals surface area contributed by atoms with Gasteiger partial charge in [0.1, 0.15) is 12.0 Å². The fourth-order valence-corrected chi connectivity index (χ4v) is 3.81. The molecule has 2 aromatic rings. The number of allylic oxidation sites excluding steroid dienone is 1. The molecule has 2 aliphatic heterocycles. The van der Waals surface area contributed by atoms with E-state index in [1.54, 1.807) is 0 Å². The summed E-state index contributed by atoms with van der Waals surface area (Å²) in [7, 11) is 0. The van der Waals surface area contributed by atoms with E-state index in [1.165, 1.54) is 0 Å². The van der Waals surface area contributed by atoms with Crippen LogP contribution in [-0.4, -0.2) is 70.1 Å². The molecule has 2 atom stereocenters. The number of hydrogen-bond acceptors (Lipinski definition) is 5. The molecule has 3 heterocycles. The standard InChI is InChI=1S/C19H23ClN4O2/c20-15-12-21-18(24-7-5-13(6-8-24)26-10-9-25)11-14(15)19-22-16-3-1-2-4-17(16)23-19/h1-4,11-13,15,18,25H,5-10H2,(H,22,23). The highest BCUT2D eigenvalue weighted by molar-refractivity contribution is 6.34. The SMILES string of the molecule is OCCOC1CCN(C2C=C(c3nc4ccccc4[nH]3)C(Cl)C=N2)CC1. The van der Waals surface area contributed by atoms with Crippen LogP contribution in [0.25, 0.3) is 16.6 Å². The molecule has 2 unspecified atom stereocenters. The van der Waals surface area contributed by atoms with E-state index in [2.05, 4.69) is 25.9 Å². The number of fused-ring (bicyclic) bond motifs is 1. The van der Waals surface area contributed by atoms with Gasteiger partial charge in [0, 0.05) is 24.9 Å². The number of H-pyrrole nitrogens is 1. The highest BCUT2D eigenvalue weighted by atomic mass is 35.5. The summed E-state index contributed by atoms with van der Waals surface area (Å²) in [5.74, 6) is 0.809. The highest BCUT2D eigenvalue weighted by Gasteiger charge is 2.28. The van der Waals surface area contributed by atoms with Crippen molar-refractivity contribution in [1.29, 1.82) is 0 Å². The lowest BCUT2D eigenvalue weighted by molar-refractivity contribution is -0.0114. The van der Waals surface area contributed by atoms with E-state index in [4.69, 9.17) is 21.4 Å². The van der Waals surface area contributed by atoms with Crippen LogP contribution in [0.1, 0.15) is 18.7 Å². The van der Waals surface area contributed by atoms with Crippen LogP contribution in [0.2, 0.25) is 0 Å². The first-order chi connectivity index (χ1) is 12.7. The molecule has 0 spiro atoms. The molecule has 0 bridgehead atoms. The lowest BCUT2D eigenvalue weighted by Crippen LogP contribution is -2.43. The number of aromatic amines is 1. The molecular weight excluding hydrogens is 352 g/mol. The number of piperidine rings is 1. The minimum absolute atomic E-state index is 0.0213. The Bertz CT molecular complexity index is 778. The Morgan fingerprint density at radius 3 is 2.85 bits per heavy atom. The van der Waals surface area contributed by atoms with Gasteiger partial charge in [0.25, 0.3) is 0 Å². The second-order valence-corrected chi connectivity index (χ2v) is 7.14. The van der Waals surface area contributed by atoms with Crippen molar-refractivity contribution in [3.63, 3.8) is 0 Å². The first kappa shape index (κ1) is 17.7. The van der Waals surface area contributed by atoms with Gasteiger partial charge in [0.15, 0.2) is 0 Å². The maximum absolute atomic E-state index is 8.88. The molecular formula is C19H23ClN4O2. The number of likely N-dealkylation sites (tertiary alicyclic amines) is 1. The van der Waals surface area contributed by atoms with E-state index in [-0.39, 0.29) is 24.3 Å². The van der Waals surface area contributed by atoms with Crippen molar-refractivity contribution in [3.8, 4) is 0 Å². The molecule has 1 fully saturated rings. The molecule has 1 saturated heterocycles.